The summed E-state index contributed by atoms with van der Waals surface area (Å²) in [4.78, 5) is 19.9. The number of aliphatic carboxylic acids is 1. The maximum Gasteiger partial charge on any atom is 0.359 e. The Morgan fingerprint density at radius 3 is 2.15 bits per heavy atom. The Morgan fingerprint density at radius 1 is 1.62 bits per heavy atom. The fraction of sp³-hybridized carbons (Fsp3) is 0.333. The van der Waals surface area contributed by atoms with E-state index >= 15 is 0 Å². The Balaban J connectivity index is 5.40. The first kappa shape index (κ1) is 11.1. The molecule has 0 radical (unpaired) electrons. The minimum absolute atomic E-state index is 0.406. The van der Waals surface area contributed by atoms with Crippen molar-refractivity contribution in [2.24, 2.45) is 0 Å². The monoisotopic (exact) mass is 187 g/mol. The van der Waals surface area contributed by atoms with Crippen molar-refractivity contribution in [1.29, 1.82) is 5.41 Å². The molecule has 0 unspecified atom stereocenters. The van der Waals surface area contributed by atoms with Gasteiger partial charge in [-0.2, -0.15) is 0 Å². The van der Waals surface area contributed by atoms with Crippen molar-refractivity contribution in [2.75, 3.05) is 7.05 Å². The predicted molar refractivity (Wildman–Crippen MR) is 44.1 cm³/mol. The number of rotatable bonds is 4. The number of allylic oxidation sites excluding steroid dienone is 1. The van der Waals surface area contributed by atoms with E-state index in [1.165, 1.54) is 7.05 Å². The molecule has 0 aromatic carbocycles. The number of carboxylic acid groups (broad SMARTS) is 1. The molecule has 0 rings (SSSR count). The van der Waals surface area contributed by atoms with Gasteiger partial charge in [-0.1, -0.05) is 0 Å². The summed E-state index contributed by atoms with van der Waals surface area (Å²) in [7, 11) is 1.25. The van der Waals surface area contributed by atoms with Crippen LogP contribution in [0.5, 0.6) is 0 Å². The van der Waals surface area contributed by atoms with E-state index in [1.54, 1.807) is 0 Å². The average Bonchev–Trinajstić information content (AvgIpc) is 1.97. The molecular weight excluding hydrogens is 178 g/mol. The maximum atomic E-state index is 10.5. The fourth-order valence-corrected chi connectivity index (χ4v) is 0.742. The van der Waals surface area contributed by atoms with Crippen LogP contribution in [0, 0.1) is 15.5 Å². The zero-order valence-electron chi connectivity index (χ0n) is 7.12. The molecule has 13 heavy (non-hydrogen) atoms. The molecular formula is C6H9N3O4. The van der Waals surface area contributed by atoms with E-state index in [1.807, 2.05) is 0 Å². The van der Waals surface area contributed by atoms with Gasteiger partial charge in [-0.25, -0.2) is 4.79 Å². The van der Waals surface area contributed by atoms with Crippen molar-refractivity contribution in [1.82, 2.24) is 5.32 Å². The lowest BCUT2D eigenvalue weighted by atomic mass is 10.2. The number of carboxylic acids is 1. The molecule has 0 amide bonds. The quantitative estimate of drug-likeness (QED) is 0.244. The second-order valence-corrected chi connectivity index (χ2v) is 2.16. The molecule has 0 aliphatic heterocycles. The van der Waals surface area contributed by atoms with E-state index in [2.05, 4.69) is 5.32 Å². The lowest BCUT2D eigenvalue weighted by molar-refractivity contribution is -0.416. The second kappa shape index (κ2) is 4.19. The minimum atomic E-state index is -1.46. The lowest BCUT2D eigenvalue weighted by Gasteiger charge is -2.01. The Kier molecular flexibility index (Phi) is 3.57. The first-order valence-corrected chi connectivity index (χ1v) is 3.27. The van der Waals surface area contributed by atoms with Gasteiger partial charge in [-0.05, 0) is 6.92 Å². The van der Waals surface area contributed by atoms with Crippen LogP contribution in [0.25, 0.3) is 0 Å². The summed E-state index contributed by atoms with van der Waals surface area (Å²) in [6.45, 7) is 1.15. The van der Waals surface area contributed by atoms with E-state index in [-0.39, 0.29) is 0 Å². The van der Waals surface area contributed by atoms with E-state index in [0.717, 1.165) is 6.92 Å². The van der Waals surface area contributed by atoms with Crippen LogP contribution in [-0.4, -0.2) is 28.8 Å². The standard InChI is InChI=1S/C6H9N3O4/c1-3(7)5(9(12)13)4(8-2)6(10)11/h7-8H,1-2H3,(H,10,11)/b5-4+,7-3?. The first-order valence-electron chi connectivity index (χ1n) is 3.27. The van der Waals surface area contributed by atoms with Crippen LogP contribution in [0.4, 0.5) is 0 Å². The molecule has 3 N–H and O–H groups in total. The summed E-state index contributed by atoms with van der Waals surface area (Å²) in [5, 5.41) is 28.0. The highest BCUT2D eigenvalue weighted by Crippen LogP contribution is 2.04. The molecule has 0 saturated heterocycles. The van der Waals surface area contributed by atoms with Gasteiger partial charge in [-0.3, -0.25) is 15.5 Å². The summed E-state index contributed by atoms with van der Waals surface area (Å²) in [5.41, 5.74) is -1.72. The van der Waals surface area contributed by atoms with Crippen LogP contribution in [0.2, 0.25) is 0 Å². The highest BCUT2D eigenvalue weighted by atomic mass is 16.6. The largest absolute Gasteiger partial charge is 0.476 e. The van der Waals surface area contributed by atoms with Crippen molar-refractivity contribution in [3.8, 4) is 0 Å². The molecule has 0 aliphatic rings. The summed E-state index contributed by atoms with van der Waals surface area (Å²) < 4.78 is 0. The highest BCUT2D eigenvalue weighted by molar-refractivity contribution is 6.01. The van der Waals surface area contributed by atoms with Gasteiger partial charge in [0, 0.05) is 7.05 Å². The molecule has 0 aromatic rings. The van der Waals surface area contributed by atoms with Gasteiger partial charge in [0.05, 0.1) is 4.92 Å². The van der Waals surface area contributed by atoms with Crippen molar-refractivity contribution in [2.45, 2.75) is 6.92 Å². The van der Waals surface area contributed by atoms with Gasteiger partial charge in [0.1, 0.15) is 5.71 Å². The van der Waals surface area contributed by atoms with Crippen LogP contribution in [0.3, 0.4) is 0 Å². The van der Waals surface area contributed by atoms with Gasteiger partial charge in [0.2, 0.25) is 5.70 Å². The van der Waals surface area contributed by atoms with Crippen LogP contribution in [0.1, 0.15) is 6.92 Å². The Labute approximate surface area is 73.7 Å². The first-order chi connectivity index (χ1) is 5.91. The zero-order chi connectivity index (χ0) is 10.6. The van der Waals surface area contributed by atoms with Gasteiger partial charge in [0.15, 0.2) is 0 Å². The average molecular weight is 187 g/mol. The van der Waals surface area contributed by atoms with Gasteiger partial charge in [-0.15, -0.1) is 0 Å². The molecule has 72 valence electrons. The maximum absolute atomic E-state index is 10.5. The molecule has 7 heteroatoms. The number of carbonyl (C=O) groups is 1. The molecule has 0 spiro atoms. The normalized spacial score (nSPS) is 11.5. The smallest absolute Gasteiger partial charge is 0.359 e. The molecule has 0 heterocycles. The Bertz CT molecular complexity index is 278. The van der Waals surface area contributed by atoms with Gasteiger partial charge >= 0.3 is 11.7 Å². The Morgan fingerprint density at radius 2 is 2.08 bits per heavy atom. The SMILES string of the molecule is CN/C(C(=O)O)=C(\C(C)=N)[N+](=O)[O-]. The number of nitro groups is 1. The third kappa shape index (κ3) is 2.55. The van der Waals surface area contributed by atoms with E-state index < -0.39 is 28.0 Å². The number of nitrogens with zero attached hydrogens (tertiary/aromatic N) is 1. The van der Waals surface area contributed by atoms with Gasteiger partial charge < -0.3 is 10.4 Å². The predicted octanol–water partition coefficient (Wildman–Crippen LogP) is -0.182. The van der Waals surface area contributed by atoms with Crippen LogP contribution in [0.15, 0.2) is 11.4 Å². The zero-order valence-corrected chi connectivity index (χ0v) is 7.12. The third-order valence-electron chi connectivity index (χ3n) is 1.24. The molecule has 7 nitrogen and oxygen atoms in total. The van der Waals surface area contributed by atoms with E-state index in [0.29, 0.717) is 0 Å². The van der Waals surface area contributed by atoms with Crippen molar-refractivity contribution in [3.05, 3.63) is 21.5 Å². The summed E-state index contributed by atoms with van der Waals surface area (Å²) in [6, 6.07) is 0. The molecule has 0 saturated carbocycles. The third-order valence-corrected chi connectivity index (χ3v) is 1.24. The summed E-state index contributed by atoms with van der Waals surface area (Å²) in [5.74, 6) is -1.46. The molecule has 0 fully saturated rings. The number of nitrogens with one attached hydrogen (secondary N) is 2. The molecule has 0 aromatic heterocycles. The van der Waals surface area contributed by atoms with Crippen molar-refractivity contribution >= 4 is 11.7 Å². The van der Waals surface area contributed by atoms with Gasteiger partial charge in [0.25, 0.3) is 0 Å². The van der Waals surface area contributed by atoms with Crippen molar-refractivity contribution in [3.63, 3.8) is 0 Å². The topological polar surface area (TPSA) is 116 Å². The molecule has 0 atom stereocenters. The molecule has 0 bridgehead atoms. The molecule has 0 aliphatic carbocycles. The second-order valence-electron chi connectivity index (χ2n) is 2.16. The highest BCUT2D eigenvalue weighted by Gasteiger charge is 2.25. The minimum Gasteiger partial charge on any atom is -0.476 e. The fourth-order valence-electron chi connectivity index (χ4n) is 0.742. The summed E-state index contributed by atoms with van der Waals surface area (Å²) >= 11 is 0. The van der Waals surface area contributed by atoms with Crippen molar-refractivity contribution < 1.29 is 14.8 Å². The van der Waals surface area contributed by atoms with E-state index in [4.69, 9.17) is 10.5 Å². The van der Waals surface area contributed by atoms with E-state index in [9.17, 15) is 14.9 Å². The van der Waals surface area contributed by atoms with Crippen LogP contribution >= 0.6 is 0 Å². The van der Waals surface area contributed by atoms with Crippen LogP contribution in [-0.2, 0) is 4.79 Å². The number of hydrogen-bond donors (Lipinski definition) is 3. The number of hydrogen-bond acceptors (Lipinski definition) is 5. The lowest BCUT2D eigenvalue weighted by Crippen LogP contribution is -2.24. The number of likely N-dealkylation sites (N-methyl/N-ethyl adjacent to an activating group) is 1. The Hall–Kier alpha value is -1.92. The summed E-state index contributed by atoms with van der Waals surface area (Å²) in [6.07, 6.45) is 0. The van der Waals surface area contributed by atoms with Crippen LogP contribution < -0.4 is 5.32 Å².